The monoisotopic (exact) mass is 339 g/mol. The molecule has 0 aliphatic carbocycles. The summed E-state index contributed by atoms with van der Waals surface area (Å²) in [6.45, 7) is 0. The zero-order valence-corrected chi connectivity index (χ0v) is 14.0. The van der Waals surface area contributed by atoms with Crippen molar-refractivity contribution in [1.29, 1.82) is 0 Å². The topological polar surface area (TPSA) is 56.9 Å². The van der Waals surface area contributed by atoms with Crippen LogP contribution < -0.4 is 10.6 Å². The standard InChI is InChI=1S/C22H17N3O/c26-22-16-11-5-7-13-18(16)24-21(25-22)19-15-10-4-6-12-17(15)23-20(19)14-8-2-1-3-9-14/h1-13,21,23-24H,(H,25,26)/t21-/m0/s1. The number of aromatic amines is 1. The van der Waals surface area contributed by atoms with Crippen LogP contribution >= 0.6 is 0 Å². The Hall–Kier alpha value is -3.53. The number of aromatic nitrogens is 1. The highest BCUT2D eigenvalue weighted by molar-refractivity contribution is 6.03. The molecule has 2 heterocycles. The summed E-state index contributed by atoms with van der Waals surface area (Å²) in [6, 6.07) is 26.0. The molecule has 1 atom stereocenters. The molecule has 1 aliphatic rings. The van der Waals surface area contributed by atoms with Crippen molar-refractivity contribution in [2.75, 3.05) is 5.32 Å². The fourth-order valence-corrected chi connectivity index (χ4v) is 3.65. The van der Waals surface area contributed by atoms with Crippen LogP contribution in [0.3, 0.4) is 0 Å². The van der Waals surface area contributed by atoms with E-state index in [2.05, 4.69) is 39.9 Å². The van der Waals surface area contributed by atoms with E-state index in [0.717, 1.165) is 33.4 Å². The quantitative estimate of drug-likeness (QED) is 0.496. The SMILES string of the molecule is O=C1N[C@@H](c2c(-c3ccccc3)[nH]c3ccccc23)Nc2ccccc21. The van der Waals surface area contributed by atoms with Gasteiger partial charge in [0.25, 0.3) is 5.91 Å². The minimum absolute atomic E-state index is 0.0614. The van der Waals surface area contributed by atoms with E-state index in [1.807, 2.05) is 54.6 Å². The molecule has 1 aliphatic heterocycles. The Morgan fingerprint density at radius 2 is 1.46 bits per heavy atom. The third kappa shape index (κ3) is 2.27. The average Bonchev–Trinajstić information content (AvgIpc) is 3.08. The minimum atomic E-state index is -0.302. The highest BCUT2D eigenvalue weighted by atomic mass is 16.2. The first-order chi connectivity index (χ1) is 12.8. The summed E-state index contributed by atoms with van der Waals surface area (Å²) in [5.74, 6) is -0.0614. The number of carbonyl (C=O) groups is 1. The highest BCUT2D eigenvalue weighted by Gasteiger charge is 2.28. The van der Waals surface area contributed by atoms with Gasteiger partial charge in [0.05, 0.1) is 11.3 Å². The van der Waals surface area contributed by atoms with E-state index in [4.69, 9.17) is 0 Å². The molecular formula is C22H17N3O. The van der Waals surface area contributed by atoms with Crippen molar-refractivity contribution < 1.29 is 4.79 Å². The van der Waals surface area contributed by atoms with E-state index in [0.29, 0.717) is 5.56 Å². The second-order valence-corrected chi connectivity index (χ2v) is 6.42. The molecule has 26 heavy (non-hydrogen) atoms. The lowest BCUT2D eigenvalue weighted by molar-refractivity contribution is 0.0936. The smallest absolute Gasteiger partial charge is 0.255 e. The summed E-state index contributed by atoms with van der Waals surface area (Å²) >= 11 is 0. The van der Waals surface area contributed by atoms with Crippen LogP contribution in [0.5, 0.6) is 0 Å². The fraction of sp³-hybridized carbons (Fsp3) is 0.0455. The molecule has 0 saturated carbocycles. The Morgan fingerprint density at radius 1 is 0.731 bits per heavy atom. The van der Waals surface area contributed by atoms with Gasteiger partial charge in [-0.3, -0.25) is 4.79 Å². The van der Waals surface area contributed by atoms with Crippen molar-refractivity contribution in [3.8, 4) is 11.3 Å². The molecule has 4 aromatic rings. The fourth-order valence-electron chi connectivity index (χ4n) is 3.65. The molecule has 0 fully saturated rings. The first-order valence-corrected chi connectivity index (χ1v) is 8.64. The van der Waals surface area contributed by atoms with Gasteiger partial charge >= 0.3 is 0 Å². The van der Waals surface area contributed by atoms with Crippen LogP contribution in [-0.4, -0.2) is 10.9 Å². The van der Waals surface area contributed by atoms with Gasteiger partial charge in [-0.05, 0) is 23.8 Å². The van der Waals surface area contributed by atoms with Gasteiger partial charge in [0.1, 0.15) is 6.17 Å². The lowest BCUT2D eigenvalue weighted by Crippen LogP contribution is -2.38. The Balaban J connectivity index is 1.71. The Kier molecular flexibility index (Phi) is 3.28. The molecule has 126 valence electrons. The number of anilines is 1. The van der Waals surface area contributed by atoms with Gasteiger partial charge in [-0.2, -0.15) is 0 Å². The summed E-state index contributed by atoms with van der Waals surface area (Å²) < 4.78 is 0. The average molecular weight is 339 g/mol. The molecule has 3 N–H and O–H groups in total. The number of rotatable bonds is 2. The van der Waals surface area contributed by atoms with Crippen molar-refractivity contribution in [2.24, 2.45) is 0 Å². The number of fused-ring (bicyclic) bond motifs is 2. The lowest BCUT2D eigenvalue weighted by atomic mass is 10.00. The molecule has 1 amide bonds. The molecule has 4 nitrogen and oxygen atoms in total. The number of hydrogen-bond donors (Lipinski definition) is 3. The predicted octanol–water partition coefficient (Wildman–Crippen LogP) is 4.69. The molecule has 0 unspecified atom stereocenters. The zero-order chi connectivity index (χ0) is 17.5. The molecule has 0 bridgehead atoms. The number of nitrogens with one attached hydrogen (secondary N) is 3. The van der Waals surface area contributed by atoms with Crippen LogP contribution in [0.4, 0.5) is 5.69 Å². The van der Waals surface area contributed by atoms with Crippen LogP contribution in [0.25, 0.3) is 22.2 Å². The maximum absolute atomic E-state index is 12.6. The minimum Gasteiger partial charge on any atom is -0.361 e. The molecular weight excluding hydrogens is 322 g/mol. The third-order valence-corrected chi connectivity index (χ3v) is 4.84. The van der Waals surface area contributed by atoms with Crippen LogP contribution in [0.1, 0.15) is 22.1 Å². The van der Waals surface area contributed by atoms with E-state index in [-0.39, 0.29) is 12.1 Å². The maximum Gasteiger partial charge on any atom is 0.255 e. The normalized spacial score (nSPS) is 16.0. The number of benzene rings is 3. The Morgan fingerprint density at radius 3 is 2.35 bits per heavy atom. The maximum atomic E-state index is 12.6. The van der Waals surface area contributed by atoms with Crippen molar-refractivity contribution in [1.82, 2.24) is 10.3 Å². The molecule has 0 spiro atoms. The molecule has 4 heteroatoms. The van der Waals surface area contributed by atoms with Gasteiger partial charge in [0.2, 0.25) is 0 Å². The van der Waals surface area contributed by atoms with Crippen LogP contribution in [0, 0.1) is 0 Å². The molecule has 5 rings (SSSR count). The molecule has 1 aromatic heterocycles. The van der Waals surface area contributed by atoms with Gasteiger partial charge in [-0.25, -0.2) is 0 Å². The molecule has 0 radical (unpaired) electrons. The van der Waals surface area contributed by atoms with Crippen molar-refractivity contribution in [2.45, 2.75) is 6.17 Å². The van der Waals surface area contributed by atoms with Crippen LogP contribution in [-0.2, 0) is 0 Å². The van der Waals surface area contributed by atoms with E-state index < -0.39 is 0 Å². The third-order valence-electron chi connectivity index (χ3n) is 4.84. The summed E-state index contributed by atoms with van der Waals surface area (Å²) in [5, 5.41) is 7.69. The van der Waals surface area contributed by atoms with Gasteiger partial charge < -0.3 is 15.6 Å². The predicted molar refractivity (Wildman–Crippen MR) is 104 cm³/mol. The number of hydrogen-bond acceptors (Lipinski definition) is 2. The Bertz CT molecular complexity index is 1110. The number of H-pyrrole nitrogens is 1. The summed E-state index contributed by atoms with van der Waals surface area (Å²) in [7, 11) is 0. The number of para-hydroxylation sites is 2. The molecule has 3 aromatic carbocycles. The lowest BCUT2D eigenvalue weighted by Gasteiger charge is -2.28. The zero-order valence-electron chi connectivity index (χ0n) is 14.0. The van der Waals surface area contributed by atoms with Crippen LogP contribution in [0.2, 0.25) is 0 Å². The Labute approximate surface area is 150 Å². The van der Waals surface area contributed by atoms with Crippen molar-refractivity contribution in [3.05, 3.63) is 90.0 Å². The summed E-state index contributed by atoms with van der Waals surface area (Å²) in [4.78, 5) is 16.1. The van der Waals surface area contributed by atoms with Crippen molar-refractivity contribution >= 4 is 22.5 Å². The van der Waals surface area contributed by atoms with E-state index in [9.17, 15) is 4.79 Å². The second kappa shape index (κ2) is 5.77. The van der Waals surface area contributed by atoms with Gasteiger partial charge in [-0.15, -0.1) is 0 Å². The van der Waals surface area contributed by atoms with Gasteiger partial charge in [-0.1, -0.05) is 60.7 Å². The van der Waals surface area contributed by atoms with Gasteiger partial charge in [0.15, 0.2) is 0 Å². The summed E-state index contributed by atoms with van der Waals surface area (Å²) in [6.07, 6.45) is -0.302. The van der Waals surface area contributed by atoms with E-state index in [1.54, 1.807) is 0 Å². The largest absolute Gasteiger partial charge is 0.361 e. The second-order valence-electron chi connectivity index (χ2n) is 6.42. The van der Waals surface area contributed by atoms with E-state index >= 15 is 0 Å². The highest BCUT2D eigenvalue weighted by Crippen LogP contribution is 2.37. The van der Waals surface area contributed by atoms with Gasteiger partial charge in [0, 0.05) is 22.2 Å². The first kappa shape index (κ1) is 14.8. The number of carbonyl (C=O) groups excluding carboxylic acids is 1. The number of amides is 1. The molecule has 0 saturated heterocycles. The summed E-state index contributed by atoms with van der Waals surface area (Å²) in [5.41, 5.74) is 5.74. The van der Waals surface area contributed by atoms with Crippen LogP contribution in [0.15, 0.2) is 78.9 Å². The first-order valence-electron chi connectivity index (χ1n) is 8.64. The van der Waals surface area contributed by atoms with Crippen molar-refractivity contribution in [3.63, 3.8) is 0 Å². The van der Waals surface area contributed by atoms with E-state index in [1.165, 1.54) is 0 Å².